The molecule has 0 saturated carbocycles. The van der Waals surface area contributed by atoms with Gasteiger partial charge in [0.25, 0.3) is 0 Å². The summed E-state index contributed by atoms with van der Waals surface area (Å²) in [4.78, 5) is 0. The van der Waals surface area contributed by atoms with Crippen LogP contribution in [0, 0.1) is 11.6 Å². The summed E-state index contributed by atoms with van der Waals surface area (Å²) in [6, 6.07) is 8.48. The fourth-order valence-electron chi connectivity index (χ4n) is 1.55. The first-order valence-corrected chi connectivity index (χ1v) is 5.95. The summed E-state index contributed by atoms with van der Waals surface area (Å²) < 4.78 is 26.6. The van der Waals surface area contributed by atoms with Crippen LogP contribution in [0.4, 0.5) is 14.5 Å². The molecule has 0 heterocycles. The van der Waals surface area contributed by atoms with E-state index >= 15 is 0 Å². The van der Waals surface area contributed by atoms with Crippen LogP contribution in [0.15, 0.2) is 36.4 Å². The van der Waals surface area contributed by atoms with Crippen molar-refractivity contribution in [1.29, 1.82) is 0 Å². The standard InChI is InChI=1S/C13H9Cl2F2N/c14-8-4-9(16)6-10(5-8)18-7-11-12(15)2-1-3-13(11)17/h1-6,18H,7H2. The van der Waals surface area contributed by atoms with Crippen molar-refractivity contribution in [2.45, 2.75) is 6.54 Å². The molecule has 94 valence electrons. The molecule has 0 aromatic heterocycles. The lowest BCUT2D eigenvalue weighted by Crippen LogP contribution is -2.02. The van der Waals surface area contributed by atoms with Crippen LogP contribution in [-0.2, 0) is 6.54 Å². The molecule has 1 nitrogen and oxygen atoms in total. The quantitative estimate of drug-likeness (QED) is 0.848. The van der Waals surface area contributed by atoms with Crippen molar-refractivity contribution in [1.82, 2.24) is 0 Å². The molecule has 0 aliphatic rings. The topological polar surface area (TPSA) is 12.0 Å². The Balaban J connectivity index is 2.16. The van der Waals surface area contributed by atoms with E-state index in [0.717, 1.165) is 0 Å². The van der Waals surface area contributed by atoms with Gasteiger partial charge in [0.2, 0.25) is 0 Å². The van der Waals surface area contributed by atoms with Crippen LogP contribution in [0.25, 0.3) is 0 Å². The maximum Gasteiger partial charge on any atom is 0.129 e. The predicted molar refractivity (Wildman–Crippen MR) is 70.1 cm³/mol. The van der Waals surface area contributed by atoms with Gasteiger partial charge in [0.15, 0.2) is 0 Å². The van der Waals surface area contributed by atoms with Crippen LogP contribution in [0.1, 0.15) is 5.56 Å². The third-order valence-electron chi connectivity index (χ3n) is 2.39. The van der Waals surface area contributed by atoms with Crippen molar-refractivity contribution in [3.8, 4) is 0 Å². The second-order valence-electron chi connectivity index (χ2n) is 3.71. The number of rotatable bonds is 3. The minimum absolute atomic E-state index is 0.158. The molecule has 0 radical (unpaired) electrons. The molecule has 0 aliphatic carbocycles. The summed E-state index contributed by atoms with van der Waals surface area (Å²) in [7, 11) is 0. The summed E-state index contributed by atoms with van der Waals surface area (Å²) in [5, 5.41) is 3.47. The molecule has 5 heteroatoms. The Labute approximate surface area is 113 Å². The molecule has 18 heavy (non-hydrogen) atoms. The number of hydrogen-bond acceptors (Lipinski definition) is 1. The molecule has 0 spiro atoms. The van der Waals surface area contributed by atoms with Gasteiger partial charge in [-0.25, -0.2) is 8.78 Å². The number of hydrogen-bond donors (Lipinski definition) is 1. The smallest absolute Gasteiger partial charge is 0.129 e. The Morgan fingerprint density at radius 3 is 2.50 bits per heavy atom. The average molecular weight is 288 g/mol. The van der Waals surface area contributed by atoms with E-state index < -0.39 is 11.6 Å². The van der Waals surface area contributed by atoms with Crippen LogP contribution in [-0.4, -0.2) is 0 Å². The number of anilines is 1. The minimum Gasteiger partial charge on any atom is -0.381 e. The third kappa shape index (κ3) is 3.12. The lowest BCUT2D eigenvalue weighted by molar-refractivity contribution is 0.613. The van der Waals surface area contributed by atoms with Gasteiger partial charge >= 0.3 is 0 Å². The fourth-order valence-corrected chi connectivity index (χ4v) is 2.00. The van der Waals surface area contributed by atoms with E-state index in [1.165, 1.54) is 24.3 Å². The van der Waals surface area contributed by atoms with Crippen LogP contribution in [0.2, 0.25) is 10.0 Å². The van der Waals surface area contributed by atoms with Crippen molar-refractivity contribution in [2.75, 3.05) is 5.32 Å². The van der Waals surface area contributed by atoms with Crippen LogP contribution < -0.4 is 5.32 Å². The monoisotopic (exact) mass is 287 g/mol. The zero-order valence-electron chi connectivity index (χ0n) is 9.18. The molecule has 0 unspecified atom stereocenters. The average Bonchev–Trinajstić information content (AvgIpc) is 2.27. The van der Waals surface area contributed by atoms with E-state index in [9.17, 15) is 8.78 Å². The van der Waals surface area contributed by atoms with Gasteiger partial charge in [-0.2, -0.15) is 0 Å². The van der Waals surface area contributed by atoms with Gasteiger partial charge in [-0.3, -0.25) is 0 Å². The zero-order chi connectivity index (χ0) is 13.1. The maximum atomic E-state index is 13.5. The summed E-state index contributed by atoms with van der Waals surface area (Å²) in [6.45, 7) is 0.158. The number of halogens is 4. The van der Waals surface area contributed by atoms with Crippen LogP contribution in [0.5, 0.6) is 0 Å². The third-order valence-corrected chi connectivity index (χ3v) is 2.97. The SMILES string of the molecule is Fc1cc(Cl)cc(NCc2c(F)cccc2Cl)c1. The summed E-state index contributed by atoms with van der Waals surface area (Å²) in [6.07, 6.45) is 0. The molecule has 1 N–H and O–H groups in total. The van der Waals surface area contributed by atoms with Gasteiger partial charge in [0.05, 0.1) is 0 Å². The predicted octanol–water partition coefficient (Wildman–Crippen LogP) is 4.88. The number of nitrogens with one attached hydrogen (secondary N) is 1. The Morgan fingerprint density at radius 2 is 1.83 bits per heavy atom. The molecule has 2 aromatic carbocycles. The molecule has 0 bridgehead atoms. The highest BCUT2D eigenvalue weighted by Gasteiger charge is 2.07. The van der Waals surface area contributed by atoms with E-state index in [4.69, 9.17) is 23.2 Å². The van der Waals surface area contributed by atoms with Gasteiger partial charge < -0.3 is 5.32 Å². The lowest BCUT2D eigenvalue weighted by atomic mass is 10.2. The van der Waals surface area contributed by atoms with Crippen LogP contribution >= 0.6 is 23.2 Å². The highest BCUT2D eigenvalue weighted by molar-refractivity contribution is 6.31. The molecule has 0 amide bonds. The first-order valence-electron chi connectivity index (χ1n) is 5.19. The van der Waals surface area contributed by atoms with Crippen molar-refractivity contribution in [3.63, 3.8) is 0 Å². The fraction of sp³-hybridized carbons (Fsp3) is 0.0769. The summed E-state index contributed by atoms with van der Waals surface area (Å²) in [5.41, 5.74) is 0.805. The van der Waals surface area contributed by atoms with Gasteiger partial charge in [-0.15, -0.1) is 0 Å². The Bertz CT molecular complexity index is 532. The van der Waals surface area contributed by atoms with E-state index in [2.05, 4.69) is 5.32 Å². The van der Waals surface area contributed by atoms with E-state index in [1.54, 1.807) is 12.1 Å². The molecule has 2 rings (SSSR count). The maximum absolute atomic E-state index is 13.5. The molecule has 0 aliphatic heterocycles. The zero-order valence-corrected chi connectivity index (χ0v) is 10.7. The first kappa shape index (κ1) is 13.1. The summed E-state index contributed by atoms with van der Waals surface area (Å²) >= 11 is 11.6. The normalized spacial score (nSPS) is 10.4. The van der Waals surface area contributed by atoms with Crippen molar-refractivity contribution in [3.05, 3.63) is 63.6 Å². The molecule has 0 atom stereocenters. The lowest BCUT2D eigenvalue weighted by Gasteiger charge is -2.09. The first-order chi connectivity index (χ1) is 8.56. The van der Waals surface area contributed by atoms with Gasteiger partial charge in [0.1, 0.15) is 11.6 Å². The van der Waals surface area contributed by atoms with Gasteiger partial charge in [0, 0.05) is 27.8 Å². The second-order valence-corrected chi connectivity index (χ2v) is 4.56. The van der Waals surface area contributed by atoms with E-state index in [1.807, 2.05) is 0 Å². The minimum atomic E-state index is -0.454. The highest BCUT2D eigenvalue weighted by atomic mass is 35.5. The largest absolute Gasteiger partial charge is 0.381 e. The van der Waals surface area contributed by atoms with Crippen molar-refractivity contribution < 1.29 is 8.78 Å². The van der Waals surface area contributed by atoms with Gasteiger partial charge in [-0.05, 0) is 30.3 Å². The molecule has 2 aromatic rings. The summed E-state index contributed by atoms with van der Waals surface area (Å²) in [5.74, 6) is -0.859. The molecular weight excluding hydrogens is 279 g/mol. The van der Waals surface area contributed by atoms with Crippen molar-refractivity contribution >= 4 is 28.9 Å². The van der Waals surface area contributed by atoms with E-state index in [-0.39, 0.29) is 11.6 Å². The molecular formula is C13H9Cl2F2N. The van der Waals surface area contributed by atoms with Crippen molar-refractivity contribution in [2.24, 2.45) is 0 Å². The molecule has 0 fully saturated rings. The van der Waals surface area contributed by atoms with Gasteiger partial charge in [-0.1, -0.05) is 29.3 Å². The highest BCUT2D eigenvalue weighted by Crippen LogP contribution is 2.22. The number of benzene rings is 2. The Kier molecular flexibility index (Phi) is 4.04. The Hall–Kier alpha value is -1.32. The Morgan fingerprint density at radius 1 is 1.06 bits per heavy atom. The van der Waals surface area contributed by atoms with E-state index in [0.29, 0.717) is 16.3 Å². The van der Waals surface area contributed by atoms with Crippen LogP contribution in [0.3, 0.4) is 0 Å². The second kappa shape index (κ2) is 5.55. The molecule has 0 saturated heterocycles.